The molecule has 176 valence electrons. The lowest BCUT2D eigenvalue weighted by Crippen LogP contribution is -2.37. The Morgan fingerprint density at radius 3 is 0.931 bits per heavy atom. The Kier molecular flexibility index (Phi) is 23.2. The predicted molar refractivity (Wildman–Crippen MR) is 138 cm³/mol. The zero-order valence-corrected chi connectivity index (χ0v) is 21.6. The van der Waals surface area contributed by atoms with Crippen LogP contribution in [0, 0.1) is 0 Å². The molecule has 0 saturated carbocycles. The summed E-state index contributed by atoms with van der Waals surface area (Å²) in [4.78, 5) is 0.0689. The Balaban J connectivity index is 3.46. The van der Waals surface area contributed by atoms with Gasteiger partial charge in [0.2, 0.25) is 0 Å². The van der Waals surface area contributed by atoms with Crippen LogP contribution in [0.5, 0.6) is 0 Å². The van der Waals surface area contributed by atoms with Crippen LogP contribution in [0.15, 0.2) is 0 Å². The SMILES string of the molecule is CCCCCCCCCCCCCC(S)(CCCCCCCCCCCC)NC. The van der Waals surface area contributed by atoms with Gasteiger partial charge in [-0.1, -0.05) is 149 Å². The molecule has 0 aromatic rings. The maximum absolute atomic E-state index is 5.00. The molecule has 1 unspecified atom stereocenters. The Hall–Kier alpha value is 0.310. The van der Waals surface area contributed by atoms with E-state index in [2.05, 4.69) is 26.2 Å². The van der Waals surface area contributed by atoms with Gasteiger partial charge in [0.15, 0.2) is 0 Å². The van der Waals surface area contributed by atoms with Crippen molar-refractivity contribution >= 4 is 12.6 Å². The fourth-order valence-electron chi connectivity index (χ4n) is 4.36. The van der Waals surface area contributed by atoms with Crippen molar-refractivity contribution in [3.63, 3.8) is 0 Å². The second-order valence-corrected chi connectivity index (χ2v) is 10.4. The van der Waals surface area contributed by atoms with E-state index >= 15 is 0 Å². The Morgan fingerprint density at radius 2 is 0.690 bits per heavy atom. The van der Waals surface area contributed by atoms with E-state index < -0.39 is 0 Å². The van der Waals surface area contributed by atoms with Gasteiger partial charge in [-0.05, 0) is 19.9 Å². The molecule has 0 radical (unpaired) electrons. The zero-order valence-electron chi connectivity index (χ0n) is 20.7. The molecule has 0 bridgehead atoms. The maximum Gasteiger partial charge on any atom is 0.0613 e. The molecule has 1 N–H and O–H groups in total. The van der Waals surface area contributed by atoms with E-state index in [-0.39, 0.29) is 4.87 Å². The van der Waals surface area contributed by atoms with Crippen LogP contribution in [0.3, 0.4) is 0 Å². The van der Waals surface area contributed by atoms with Crippen LogP contribution in [0.25, 0.3) is 0 Å². The first-order valence-electron chi connectivity index (χ1n) is 13.6. The van der Waals surface area contributed by atoms with Gasteiger partial charge < -0.3 is 5.32 Å². The first kappa shape index (κ1) is 29.3. The van der Waals surface area contributed by atoms with E-state index in [1.807, 2.05) is 0 Å². The van der Waals surface area contributed by atoms with Crippen molar-refractivity contribution in [1.82, 2.24) is 5.32 Å². The van der Waals surface area contributed by atoms with Crippen LogP contribution in [-0.4, -0.2) is 11.9 Å². The number of thiol groups is 1. The molecule has 0 aliphatic carbocycles. The van der Waals surface area contributed by atoms with Gasteiger partial charge in [0.05, 0.1) is 4.87 Å². The molecule has 1 atom stereocenters. The lowest BCUT2D eigenvalue weighted by atomic mass is 9.99. The molecule has 0 spiro atoms. The lowest BCUT2D eigenvalue weighted by Gasteiger charge is -2.28. The van der Waals surface area contributed by atoms with Crippen LogP contribution in [-0.2, 0) is 0 Å². The number of hydrogen-bond acceptors (Lipinski definition) is 2. The minimum atomic E-state index is 0.0689. The van der Waals surface area contributed by atoms with Gasteiger partial charge in [0, 0.05) is 0 Å². The monoisotopic (exact) mass is 427 g/mol. The highest BCUT2D eigenvalue weighted by Crippen LogP contribution is 2.26. The predicted octanol–water partition coefficient (Wildman–Crippen LogP) is 9.84. The van der Waals surface area contributed by atoms with Gasteiger partial charge in [0.25, 0.3) is 0 Å². The summed E-state index contributed by atoms with van der Waals surface area (Å²) in [7, 11) is 2.10. The Bertz CT molecular complexity index is 307. The molecular weight excluding hydrogens is 370 g/mol. The first-order valence-corrected chi connectivity index (χ1v) is 14.0. The average Bonchev–Trinajstić information content (AvgIpc) is 2.73. The summed E-state index contributed by atoms with van der Waals surface area (Å²) in [5.41, 5.74) is 0. The number of unbranched alkanes of at least 4 members (excludes halogenated alkanes) is 19. The van der Waals surface area contributed by atoms with E-state index in [1.54, 1.807) is 0 Å². The Morgan fingerprint density at radius 1 is 0.448 bits per heavy atom. The van der Waals surface area contributed by atoms with E-state index in [1.165, 1.54) is 148 Å². The Labute approximate surface area is 191 Å². The minimum absolute atomic E-state index is 0.0689. The third kappa shape index (κ3) is 21.3. The second-order valence-electron chi connectivity index (χ2n) is 9.50. The summed E-state index contributed by atoms with van der Waals surface area (Å²) in [6.07, 6.45) is 32.2. The smallest absolute Gasteiger partial charge is 0.0613 e. The molecule has 29 heavy (non-hydrogen) atoms. The van der Waals surface area contributed by atoms with E-state index in [9.17, 15) is 0 Å². The largest absolute Gasteiger partial charge is 0.306 e. The van der Waals surface area contributed by atoms with Crippen LogP contribution in [0.1, 0.15) is 162 Å². The molecule has 1 nitrogen and oxygen atoms in total. The second kappa shape index (κ2) is 23.0. The van der Waals surface area contributed by atoms with Crippen LogP contribution in [0.2, 0.25) is 0 Å². The van der Waals surface area contributed by atoms with E-state index in [4.69, 9.17) is 12.6 Å². The van der Waals surface area contributed by atoms with E-state index in [0.29, 0.717) is 0 Å². The minimum Gasteiger partial charge on any atom is -0.306 e. The highest BCUT2D eigenvalue weighted by atomic mass is 32.1. The summed E-state index contributed by atoms with van der Waals surface area (Å²) in [5.74, 6) is 0. The molecule has 0 saturated heterocycles. The van der Waals surface area contributed by atoms with Crippen molar-refractivity contribution in [2.45, 2.75) is 166 Å². The zero-order chi connectivity index (χ0) is 21.5. The van der Waals surface area contributed by atoms with Crippen molar-refractivity contribution < 1.29 is 0 Å². The fourth-order valence-corrected chi connectivity index (χ4v) is 4.68. The summed E-state index contributed by atoms with van der Waals surface area (Å²) in [6, 6.07) is 0. The van der Waals surface area contributed by atoms with Crippen molar-refractivity contribution in [2.75, 3.05) is 7.05 Å². The topological polar surface area (TPSA) is 12.0 Å². The third-order valence-electron chi connectivity index (χ3n) is 6.60. The lowest BCUT2D eigenvalue weighted by molar-refractivity contribution is 0.401. The maximum atomic E-state index is 5.00. The summed E-state index contributed by atoms with van der Waals surface area (Å²) >= 11 is 5.00. The molecule has 0 aromatic heterocycles. The summed E-state index contributed by atoms with van der Waals surface area (Å²) < 4.78 is 0. The highest BCUT2D eigenvalue weighted by molar-refractivity contribution is 7.81. The molecule has 0 fully saturated rings. The summed E-state index contributed by atoms with van der Waals surface area (Å²) in [6.45, 7) is 4.59. The molecule has 0 rings (SSSR count). The molecule has 0 amide bonds. The standard InChI is InChI=1S/C27H57NS/c1-4-6-8-10-12-14-16-18-20-22-24-26-27(29,28-3)25-23-21-19-17-15-13-11-9-7-5-2/h28-29H,4-26H2,1-3H3. The quantitative estimate of drug-likeness (QED) is 0.0886. The van der Waals surface area contributed by atoms with Gasteiger partial charge >= 0.3 is 0 Å². The van der Waals surface area contributed by atoms with Crippen LogP contribution < -0.4 is 5.32 Å². The van der Waals surface area contributed by atoms with Gasteiger partial charge in [-0.2, -0.15) is 12.6 Å². The van der Waals surface area contributed by atoms with Gasteiger partial charge in [0.1, 0.15) is 0 Å². The molecular formula is C27H57NS. The molecule has 2 heteroatoms. The molecule has 0 aromatic carbocycles. The normalized spacial score (nSPS) is 13.7. The van der Waals surface area contributed by atoms with E-state index in [0.717, 1.165) is 0 Å². The molecule has 0 aliphatic rings. The number of nitrogens with one attached hydrogen (secondary N) is 1. The van der Waals surface area contributed by atoms with Crippen LogP contribution in [0.4, 0.5) is 0 Å². The van der Waals surface area contributed by atoms with Crippen molar-refractivity contribution in [2.24, 2.45) is 0 Å². The summed E-state index contributed by atoms with van der Waals surface area (Å²) in [5, 5.41) is 3.51. The average molecular weight is 428 g/mol. The van der Waals surface area contributed by atoms with Crippen molar-refractivity contribution in [1.29, 1.82) is 0 Å². The highest BCUT2D eigenvalue weighted by Gasteiger charge is 2.21. The number of hydrogen-bond donors (Lipinski definition) is 2. The van der Waals surface area contributed by atoms with Gasteiger partial charge in [-0.3, -0.25) is 0 Å². The number of rotatable bonds is 24. The molecule has 0 aliphatic heterocycles. The fraction of sp³-hybridized carbons (Fsp3) is 1.00. The van der Waals surface area contributed by atoms with Gasteiger partial charge in [-0.15, -0.1) is 0 Å². The molecule has 0 heterocycles. The van der Waals surface area contributed by atoms with Crippen molar-refractivity contribution in [3.8, 4) is 0 Å². The van der Waals surface area contributed by atoms with Crippen LogP contribution >= 0.6 is 12.6 Å². The first-order chi connectivity index (χ1) is 14.2. The van der Waals surface area contributed by atoms with Crippen molar-refractivity contribution in [3.05, 3.63) is 0 Å². The third-order valence-corrected chi connectivity index (χ3v) is 7.27. The van der Waals surface area contributed by atoms with Gasteiger partial charge in [-0.25, -0.2) is 0 Å².